The van der Waals surface area contributed by atoms with Crippen molar-refractivity contribution in [2.45, 2.75) is 6.92 Å². The second-order valence-corrected chi connectivity index (χ2v) is 6.81. The van der Waals surface area contributed by atoms with E-state index in [1.54, 1.807) is 16.0 Å². The van der Waals surface area contributed by atoms with E-state index < -0.39 is 0 Å². The molecule has 0 spiro atoms. The lowest BCUT2D eigenvalue weighted by Crippen LogP contribution is -2.50. The first-order chi connectivity index (χ1) is 13.1. The quantitative estimate of drug-likeness (QED) is 0.587. The molecule has 142 valence electrons. The van der Waals surface area contributed by atoms with Gasteiger partial charge in [-0.2, -0.15) is 5.26 Å². The van der Waals surface area contributed by atoms with Crippen molar-refractivity contribution in [3.63, 3.8) is 0 Å². The predicted molar refractivity (Wildman–Crippen MR) is 103 cm³/mol. The van der Waals surface area contributed by atoms with E-state index in [4.69, 9.17) is 0 Å². The van der Waals surface area contributed by atoms with Gasteiger partial charge in [-0.3, -0.25) is 9.59 Å². The Balaban J connectivity index is 1.56. The van der Waals surface area contributed by atoms with Crippen molar-refractivity contribution in [3.8, 4) is 6.07 Å². The van der Waals surface area contributed by atoms with Crippen LogP contribution < -0.4 is 4.90 Å². The molecule has 0 unspecified atom stereocenters. The molecule has 0 radical (unpaired) electrons. The molecule has 2 aliphatic rings. The van der Waals surface area contributed by atoms with Crippen molar-refractivity contribution >= 4 is 17.5 Å². The minimum atomic E-state index is -0.244. The van der Waals surface area contributed by atoms with Crippen molar-refractivity contribution in [2.24, 2.45) is 0 Å². The number of para-hydroxylation sites is 1. The topological polar surface area (TPSA) is 70.9 Å². The number of carbonyl (C=O) groups excluding carboxylic acids is 2. The molecule has 1 aromatic carbocycles. The Hall–Kier alpha value is -3.01. The highest BCUT2D eigenvalue weighted by molar-refractivity contribution is 5.97. The lowest BCUT2D eigenvalue weighted by molar-refractivity contribution is -0.136. The zero-order chi connectivity index (χ0) is 19.2. The standard InChI is InChI=1S/C20H25N5O2/c1-17(26)23-11-13-25(14-12-23)20(27)18(15-21)16-22-7-9-24(10-8-22)19-5-3-2-4-6-19/h2-6,16H,7-14H2,1H3/b18-16-. The summed E-state index contributed by atoms with van der Waals surface area (Å²) in [5.41, 5.74) is 1.36. The Bertz CT molecular complexity index is 739. The zero-order valence-electron chi connectivity index (χ0n) is 15.7. The van der Waals surface area contributed by atoms with Crippen LogP contribution in [0.4, 0.5) is 5.69 Å². The third kappa shape index (κ3) is 4.59. The molecule has 2 amide bonds. The van der Waals surface area contributed by atoms with Gasteiger partial charge >= 0.3 is 0 Å². The van der Waals surface area contributed by atoms with E-state index in [9.17, 15) is 14.9 Å². The van der Waals surface area contributed by atoms with Crippen LogP contribution in [-0.4, -0.2) is 78.9 Å². The molecule has 0 saturated carbocycles. The van der Waals surface area contributed by atoms with Crippen LogP contribution in [0.25, 0.3) is 0 Å². The van der Waals surface area contributed by atoms with Crippen molar-refractivity contribution in [1.82, 2.24) is 14.7 Å². The van der Waals surface area contributed by atoms with E-state index >= 15 is 0 Å². The average Bonchev–Trinajstić information content (AvgIpc) is 2.72. The van der Waals surface area contributed by atoms with Gasteiger partial charge in [0.05, 0.1) is 0 Å². The number of nitriles is 1. The number of anilines is 1. The number of rotatable bonds is 3. The minimum absolute atomic E-state index is 0.0226. The molecule has 2 fully saturated rings. The number of piperazine rings is 2. The summed E-state index contributed by atoms with van der Waals surface area (Å²) in [4.78, 5) is 31.8. The van der Waals surface area contributed by atoms with Gasteiger partial charge in [0, 0.05) is 71.2 Å². The maximum atomic E-state index is 12.7. The first kappa shape index (κ1) is 18.8. The summed E-state index contributed by atoms with van der Waals surface area (Å²) in [6.07, 6.45) is 1.70. The van der Waals surface area contributed by atoms with Crippen LogP contribution in [0.5, 0.6) is 0 Å². The van der Waals surface area contributed by atoms with E-state index in [-0.39, 0.29) is 17.4 Å². The van der Waals surface area contributed by atoms with Crippen molar-refractivity contribution < 1.29 is 9.59 Å². The Morgan fingerprint density at radius 1 is 0.926 bits per heavy atom. The van der Waals surface area contributed by atoms with Gasteiger partial charge in [-0.15, -0.1) is 0 Å². The molecule has 7 heteroatoms. The first-order valence-electron chi connectivity index (χ1n) is 9.29. The Morgan fingerprint density at radius 3 is 2.07 bits per heavy atom. The summed E-state index contributed by atoms with van der Waals surface area (Å²) in [6.45, 7) is 6.77. The van der Waals surface area contributed by atoms with E-state index in [2.05, 4.69) is 23.1 Å². The molecular formula is C20H25N5O2. The normalized spacial score (nSPS) is 18.3. The Kier molecular flexibility index (Phi) is 5.97. The van der Waals surface area contributed by atoms with E-state index in [1.807, 2.05) is 23.1 Å². The predicted octanol–water partition coefficient (Wildman–Crippen LogP) is 0.907. The Labute approximate surface area is 160 Å². The molecule has 27 heavy (non-hydrogen) atoms. The number of benzene rings is 1. The van der Waals surface area contributed by atoms with Gasteiger partial charge in [0.15, 0.2) is 0 Å². The fraction of sp³-hybridized carbons (Fsp3) is 0.450. The monoisotopic (exact) mass is 367 g/mol. The number of carbonyl (C=O) groups is 2. The summed E-state index contributed by atoms with van der Waals surface area (Å²) in [5.74, 6) is -0.222. The summed E-state index contributed by atoms with van der Waals surface area (Å²) in [7, 11) is 0. The summed E-state index contributed by atoms with van der Waals surface area (Å²) < 4.78 is 0. The van der Waals surface area contributed by atoms with Gasteiger partial charge in [-0.25, -0.2) is 0 Å². The lowest BCUT2D eigenvalue weighted by Gasteiger charge is -2.36. The second-order valence-electron chi connectivity index (χ2n) is 6.81. The van der Waals surface area contributed by atoms with E-state index in [0.717, 1.165) is 26.2 Å². The van der Waals surface area contributed by atoms with Crippen molar-refractivity contribution in [1.29, 1.82) is 5.26 Å². The molecule has 1 aromatic rings. The molecule has 0 N–H and O–H groups in total. The van der Waals surface area contributed by atoms with Gasteiger partial charge in [0.25, 0.3) is 5.91 Å². The average molecular weight is 367 g/mol. The first-order valence-corrected chi connectivity index (χ1v) is 9.29. The Morgan fingerprint density at radius 2 is 1.52 bits per heavy atom. The van der Waals surface area contributed by atoms with Crippen LogP contribution in [-0.2, 0) is 9.59 Å². The highest BCUT2D eigenvalue weighted by Gasteiger charge is 2.25. The molecule has 2 saturated heterocycles. The van der Waals surface area contributed by atoms with Crippen LogP contribution in [0, 0.1) is 11.3 Å². The smallest absolute Gasteiger partial charge is 0.266 e. The maximum absolute atomic E-state index is 12.7. The number of nitrogens with zero attached hydrogens (tertiary/aromatic N) is 5. The fourth-order valence-corrected chi connectivity index (χ4v) is 3.46. The highest BCUT2D eigenvalue weighted by atomic mass is 16.2. The molecule has 0 bridgehead atoms. The van der Waals surface area contributed by atoms with Crippen LogP contribution in [0.2, 0.25) is 0 Å². The fourth-order valence-electron chi connectivity index (χ4n) is 3.46. The maximum Gasteiger partial charge on any atom is 0.266 e. The second kappa shape index (κ2) is 8.58. The number of hydrogen-bond donors (Lipinski definition) is 0. The van der Waals surface area contributed by atoms with Gasteiger partial charge in [-0.05, 0) is 12.1 Å². The van der Waals surface area contributed by atoms with E-state index in [0.29, 0.717) is 26.2 Å². The highest BCUT2D eigenvalue weighted by Crippen LogP contribution is 2.16. The SMILES string of the molecule is CC(=O)N1CCN(C(=O)/C(C#N)=C\N2CCN(c3ccccc3)CC2)CC1. The summed E-state index contributed by atoms with van der Waals surface area (Å²) >= 11 is 0. The van der Waals surface area contributed by atoms with Crippen LogP contribution in [0.3, 0.4) is 0 Å². The minimum Gasteiger partial charge on any atom is -0.373 e. The van der Waals surface area contributed by atoms with E-state index in [1.165, 1.54) is 12.6 Å². The lowest BCUT2D eigenvalue weighted by atomic mass is 10.2. The molecule has 0 atom stereocenters. The van der Waals surface area contributed by atoms with Crippen molar-refractivity contribution in [2.75, 3.05) is 57.3 Å². The largest absolute Gasteiger partial charge is 0.373 e. The third-order valence-corrected chi connectivity index (χ3v) is 5.11. The number of hydrogen-bond acceptors (Lipinski definition) is 5. The molecule has 0 aliphatic carbocycles. The molecule has 2 heterocycles. The van der Waals surface area contributed by atoms with Gasteiger partial charge in [-0.1, -0.05) is 18.2 Å². The van der Waals surface area contributed by atoms with Crippen LogP contribution in [0.15, 0.2) is 42.1 Å². The summed E-state index contributed by atoms with van der Waals surface area (Å²) in [6, 6.07) is 12.3. The molecular weight excluding hydrogens is 342 g/mol. The molecule has 0 aromatic heterocycles. The van der Waals surface area contributed by atoms with Gasteiger partial charge in [0.2, 0.25) is 5.91 Å². The molecule has 3 rings (SSSR count). The van der Waals surface area contributed by atoms with Crippen LogP contribution >= 0.6 is 0 Å². The van der Waals surface area contributed by atoms with Crippen molar-refractivity contribution in [3.05, 3.63) is 42.1 Å². The van der Waals surface area contributed by atoms with Gasteiger partial charge in [0.1, 0.15) is 11.6 Å². The molecule has 7 nitrogen and oxygen atoms in total. The summed E-state index contributed by atoms with van der Waals surface area (Å²) in [5, 5.41) is 9.46. The molecule has 2 aliphatic heterocycles. The zero-order valence-corrected chi connectivity index (χ0v) is 15.7. The third-order valence-electron chi connectivity index (χ3n) is 5.11. The van der Waals surface area contributed by atoms with Crippen LogP contribution in [0.1, 0.15) is 6.92 Å². The van der Waals surface area contributed by atoms with Gasteiger partial charge < -0.3 is 19.6 Å². The number of amides is 2.